The number of benzene rings is 1. The van der Waals surface area contributed by atoms with Crippen molar-refractivity contribution in [3.8, 4) is 0 Å². The molecule has 3 aromatic rings. The minimum Gasteiger partial charge on any atom is -0.357 e. The van der Waals surface area contributed by atoms with E-state index in [4.69, 9.17) is 0 Å². The molecule has 0 aliphatic heterocycles. The summed E-state index contributed by atoms with van der Waals surface area (Å²) in [5, 5.41) is 10.2. The molecule has 152 valence electrons. The SMILES string of the molecule is CCN(CC)c1cc(C)nc(Nc2ccc(NC(=O)[C@H](C)n3cccn3)cc2)n1. The Morgan fingerprint density at radius 2 is 1.83 bits per heavy atom. The molecule has 0 spiro atoms. The van der Waals surface area contributed by atoms with Gasteiger partial charge in [-0.2, -0.15) is 10.1 Å². The highest BCUT2D eigenvalue weighted by Gasteiger charge is 2.15. The first-order valence-corrected chi connectivity index (χ1v) is 9.77. The second-order valence-electron chi connectivity index (χ2n) is 6.72. The number of aromatic nitrogens is 4. The molecule has 2 aromatic heterocycles. The molecular weight excluding hydrogens is 366 g/mol. The maximum absolute atomic E-state index is 12.4. The number of carbonyl (C=O) groups excluding carboxylic acids is 1. The Kier molecular flexibility index (Phi) is 6.43. The first-order valence-electron chi connectivity index (χ1n) is 9.77. The summed E-state index contributed by atoms with van der Waals surface area (Å²) in [6.07, 6.45) is 3.43. The maximum atomic E-state index is 12.4. The van der Waals surface area contributed by atoms with Crippen molar-refractivity contribution in [2.24, 2.45) is 0 Å². The lowest BCUT2D eigenvalue weighted by atomic mass is 10.2. The van der Waals surface area contributed by atoms with E-state index in [0.717, 1.165) is 30.3 Å². The first kappa shape index (κ1) is 20.3. The van der Waals surface area contributed by atoms with Crippen molar-refractivity contribution in [2.45, 2.75) is 33.7 Å². The number of amides is 1. The van der Waals surface area contributed by atoms with Gasteiger partial charge in [-0.15, -0.1) is 0 Å². The van der Waals surface area contributed by atoms with Crippen LogP contribution < -0.4 is 15.5 Å². The van der Waals surface area contributed by atoms with Gasteiger partial charge >= 0.3 is 0 Å². The number of hydrogen-bond acceptors (Lipinski definition) is 6. The van der Waals surface area contributed by atoms with Crippen LogP contribution >= 0.6 is 0 Å². The van der Waals surface area contributed by atoms with Crippen molar-refractivity contribution in [2.75, 3.05) is 28.6 Å². The van der Waals surface area contributed by atoms with Gasteiger partial charge in [0.15, 0.2) is 0 Å². The molecule has 0 aliphatic rings. The van der Waals surface area contributed by atoms with E-state index in [1.54, 1.807) is 30.1 Å². The summed E-state index contributed by atoms with van der Waals surface area (Å²) in [5.41, 5.74) is 2.47. The minimum absolute atomic E-state index is 0.125. The van der Waals surface area contributed by atoms with Gasteiger partial charge in [-0.05, 0) is 58.0 Å². The summed E-state index contributed by atoms with van der Waals surface area (Å²) in [6, 6.07) is 10.9. The van der Waals surface area contributed by atoms with Crippen molar-refractivity contribution >= 4 is 29.0 Å². The molecule has 3 rings (SSSR count). The lowest BCUT2D eigenvalue weighted by Crippen LogP contribution is -2.24. The van der Waals surface area contributed by atoms with Crippen LogP contribution in [0.3, 0.4) is 0 Å². The van der Waals surface area contributed by atoms with Crippen LogP contribution in [-0.2, 0) is 4.79 Å². The van der Waals surface area contributed by atoms with Gasteiger partial charge in [0.2, 0.25) is 11.9 Å². The lowest BCUT2D eigenvalue weighted by Gasteiger charge is -2.20. The topological polar surface area (TPSA) is 88.0 Å². The zero-order chi connectivity index (χ0) is 20.8. The van der Waals surface area contributed by atoms with E-state index >= 15 is 0 Å². The maximum Gasteiger partial charge on any atom is 0.248 e. The van der Waals surface area contributed by atoms with E-state index in [2.05, 4.69) is 44.4 Å². The molecule has 0 saturated carbocycles. The van der Waals surface area contributed by atoms with Crippen molar-refractivity contribution in [1.82, 2.24) is 19.7 Å². The Bertz CT molecular complexity index is 934. The fourth-order valence-corrected chi connectivity index (χ4v) is 2.96. The lowest BCUT2D eigenvalue weighted by molar-refractivity contribution is -0.119. The molecule has 1 atom stereocenters. The van der Waals surface area contributed by atoms with Gasteiger partial charge < -0.3 is 15.5 Å². The van der Waals surface area contributed by atoms with Crippen molar-refractivity contribution in [3.05, 3.63) is 54.5 Å². The summed E-state index contributed by atoms with van der Waals surface area (Å²) in [7, 11) is 0. The molecular formula is C21H27N7O. The van der Waals surface area contributed by atoms with Gasteiger partial charge in [0.1, 0.15) is 11.9 Å². The highest BCUT2D eigenvalue weighted by Crippen LogP contribution is 2.20. The van der Waals surface area contributed by atoms with Crippen molar-refractivity contribution < 1.29 is 4.79 Å². The molecule has 0 saturated heterocycles. The molecule has 1 amide bonds. The largest absolute Gasteiger partial charge is 0.357 e. The fourth-order valence-electron chi connectivity index (χ4n) is 2.96. The highest BCUT2D eigenvalue weighted by molar-refractivity contribution is 5.93. The Morgan fingerprint density at radius 1 is 1.14 bits per heavy atom. The van der Waals surface area contributed by atoms with E-state index in [0.29, 0.717) is 11.6 Å². The molecule has 0 aliphatic carbocycles. The molecule has 8 nitrogen and oxygen atoms in total. The van der Waals surface area contributed by atoms with E-state index in [1.165, 1.54) is 0 Å². The Morgan fingerprint density at radius 3 is 2.45 bits per heavy atom. The van der Waals surface area contributed by atoms with Crippen LogP contribution in [0, 0.1) is 6.92 Å². The van der Waals surface area contributed by atoms with Crippen LogP contribution in [0.15, 0.2) is 48.8 Å². The Labute approximate surface area is 171 Å². The Hall–Kier alpha value is -3.42. The van der Waals surface area contributed by atoms with Crippen LogP contribution in [0.5, 0.6) is 0 Å². The quantitative estimate of drug-likeness (QED) is 0.606. The standard InChI is InChI=1S/C21H27N7O/c1-5-27(6-2)19-14-15(3)23-21(26-19)25-18-10-8-17(9-11-18)24-20(29)16(4)28-13-7-12-22-28/h7-14,16H,5-6H2,1-4H3,(H,24,29)(H,23,25,26)/t16-/m0/s1. The molecule has 0 bridgehead atoms. The zero-order valence-electron chi connectivity index (χ0n) is 17.3. The number of nitrogens with one attached hydrogen (secondary N) is 2. The summed E-state index contributed by atoms with van der Waals surface area (Å²) < 4.78 is 1.62. The third kappa shape index (κ3) is 5.10. The van der Waals surface area contributed by atoms with Gasteiger partial charge in [-0.25, -0.2) is 4.98 Å². The van der Waals surface area contributed by atoms with E-state index in [1.807, 2.05) is 37.3 Å². The average molecular weight is 393 g/mol. The molecule has 2 N–H and O–H groups in total. The van der Waals surface area contributed by atoms with Crippen molar-refractivity contribution in [1.29, 1.82) is 0 Å². The van der Waals surface area contributed by atoms with Crippen LogP contribution in [0.4, 0.5) is 23.1 Å². The minimum atomic E-state index is -0.387. The number of nitrogens with zero attached hydrogens (tertiary/aromatic N) is 5. The van der Waals surface area contributed by atoms with Crippen molar-refractivity contribution in [3.63, 3.8) is 0 Å². The predicted molar refractivity (Wildman–Crippen MR) is 116 cm³/mol. The molecule has 29 heavy (non-hydrogen) atoms. The number of hydrogen-bond donors (Lipinski definition) is 2. The second kappa shape index (κ2) is 9.18. The average Bonchev–Trinajstić information content (AvgIpc) is 3.24. The smallest absolute Gasteiger partial charge is 0.248 e. The highest BCUT2D eigenvalue weighted by atomic mass is 16.2. The normalized spacial score (nSPS) is 11.7. The van der Waals surface area contributed by atoms with Gasteiger partial charge in [0.05, 0.1) is 0 Å². The van der Waals surface area contributed by atoms with E-state index in [9.17, 15) is 4.79 Å². The number of carbonyl (C=O) groups is 1. The van der Waals surface area contributed by atoms with Gasteiger partial charge in [-0.3, -0.25) is 9.48 Å². The summed E-state index contributed by atoms with van der Waals surface area (Å²) >= 11 is 0. The first-order chi connectivity index (χ1) is 14.0. The monoisotopic (exact) mass is 393 g/mol. The third-order valence-corrected chi connectivity index (χ3v) is 4.64. The second-order valence-corrected chi connectivity index (χ2v) is 6.72. The Balaban J connectivity index is 1.67. The molecule has 2 heterocycles. The summed E-state index contributed by atoms with van der Waals surface area (Å²) in [5.74, 6) is 1.33. The zero-order valence-corrected chi connectivity index (χ0v) is 17.3. The van der Waals surface area contributed by atoms with Crippen LogP contribution in [0.25, 0.3) is 0 Å². The molecule has 0 radical (unpaired) electrons. The van der Waals surface area contributed by atoms with Crippen LogP contribution in [0.2, 0.25) is 0 Å². The van der Waals surface area contributed by atoms with Crippen LogP contribution in [0.1, 0.15) is 32.5 Å². The number of aryl methyl sites for hydroxylation is 1. The summed E-state index contributed by atoms with van der Waals surface area (Å²) in [6.45, 7) is 9.75. The summed E-state index contributed by atoms with van der Waals surface area (Å²) in [4.78, 5) is 23.6. The molecule has 1 aromatic carbocycles. The fraction of sp³-hybridized carbons (Fsp3) is 0.333. The molecule has 8 heteroatoms. The van der Waals surface area contributed by atoms with E-state index < -0.39 is 0 Å². The van der Waals surface area contributed by atoms with Gasteiger partial charge in [0.25, 0.3) is 0 Å². The molecule has 0 fully saturated rings. The number of anilines is 4. The van der Waals surface area contributed by atoms with Crippen LogP contribution in [-0.4, -0.2) is 38.7 Å². The number of rotatable bonds is 8. The van der Waals surface area contributed by atoms with E-state index in [-0.39, 0.29) is 11.9 Å². The third-order valence-electron chi connectivity index (χ3n) is 4.64. The van der Waals surface area contributed by atoms with Gasteiger partial charge in [-0.1, -0.05) is 0 Å². The van der Waals surface area contributed by atoms with Gasteiger partial charge in [0, 0.05) is 48.6 Å². The molecule has 0 unspecified atom stereocenters. The predicted octanol–water partition coefficient (Wildman–Crippen LogP) is 3.77.